The standard InChI is InChI=1S/C14H27NO3/c1-13(2,3)10-7-8-15(9-11(10)16)12(17)18-14(4,5)6/h10-11,16H,7-9H2,1-6H3. The number of likely N-dealkylation sites (tertiary alicyclic amines) is 1. The van der Waals surface area contributed by atoms with E-state index in [1.807, 2.05) is 20.8 Å². The van der Waals surface area contributed by atoms with E-state index >= 15 is 0 Å². The molecule has 0 aromatic carbocycles. The van der Waals surface area contributed by atoms with Gasteiger partial charge in [-0.1, -0.05) is 20.8 Å². The number of β-amino-alcohol motifs (C(OH)–C–C–N with tert-alkyl or cyclic N) is 1. The molecule has 1 aliphatic rings. The lowest BCUT2D eigenvalue weighted by atomic mass is 9.74. The molecule has 18 heavy (non-hydrogen) atoms. The van der Waals surface area contributed by atoms with Crippen LogP contribution in [0.15, 0.2) is 0 Å². The summed E-state index contributed by atoms with van der Waals surface area (Å²) in [6.07, 6.45) is 0.0318. The monoisotopic (exact) mass is 257 g/mol. The van der Waals surface area contributed by atoms with Crippen LogP contribution in [0.5, 0.6) is 0 Å². The Kier molecular flexibility index (Phi) is 4.31. The predicted molar refractivity (Wildman–Crippen MR) is 71.4 cm³/mol. The van der Waals surface area contributed by atoms with Crippen LogP contribution in [0.1, 0.15) is 48.0 Å². The van der Waals surface area contributed by atoms with Gasteiger partial charge in [0.2, 0.25) is 0 Å². The Morgan fingerprint density at radius 1 is 1.22 bits per heavy atom. The molecule has 1 heterocycles. The highest BCUT2D eigenvalue weighted by molar-refractivity contribution is 5.68. The fraction of sp³-hybridized carbons (Fsp3) is 0.929. The Labute approximate surface area is 110 Å². The van der Waals surface area contributed by atoms with Crippen molar-refractivity contribution in [3.63, 3.8) is 0 Å². The molecule has 0 spiro atoms. The molecule has 4 heteroatoms. The van der Waals surface area contributed by atoms with E-state index in [0.717, 1.165) is 6.42 Å². The molecule has 1 saturated heterocycles. The number of carbonyl (C=O) groups excluding carboxylic acids is 1. The molecular weight excluding hydrogens is 230 g/mol. The number of aliphatic hydroxyl groups is 1. The lowest BCUT2D eigenvalue weighted by molar-refractivity contribution is -0.0376. The minimum absolute atomic E-state index is 0.0689. The molecule has 1 amide bonds. The molecule has 0 aromatic rings. The summed E-state index contributed by atoms with van der Waals surface area (Å²) in [4.78, 5) is 13.5. The molecule has 0 saturated carbocycles. The average molecular weight is 257 g/mol. The second-order valence-electron chi connectivity index (χ2n) is 7.25. The van der Waals surface area contributed by atoms with E-state index < -0.39 is 11.7 Å². The summed E-state index contributed by atoms with van der Waals surface area (Å²) in [7, 11) is 0. The van der Waals surface area contributed by atoms with E-state index in [1.54, 1.807) is 4.90 Å². The van der Waals surface area contributed by atoms with Crippen LogP contribution < -0.4 is 0 Å². The van der Waals surface area contributed by atoms with E-state index in [1.165, 1.54) is 0 Å². The van der Waals surface area contributed by atoms with Gasteiger partial charge in [0.05, 0.1) is 12.6 Å². The van der Waals surface area contributed by atoms with Crippen molar-refractivity contribution in [2.45, 2.75) is 59.7 Å². The van der Waals surface area contributed by atoms with Crippen LogP contribution in [0.2, 0.25) is 0 Å². The van der Waals surface area contributed by atoms with Crippen molar-refractivity contribution in [3.05, 3.63) is 0 Å². The topological polar surface area (TPSA) is 49.8 Å². The maximum atomic E-state index is 11.9. The molecule has 0 bridgehead atoms. The second kappa shape index (κ2) is 5.08. The molecule has 1 aliphatic heterocycles. The number of ether oxygens (including phenoxy) is 1. The molecule has 106 valence electrons. The number of hydrogen-bond donors (Lipinski definition) is 1. The fourth-order valence-electron chi connectivity index (χ4n) is 2.43. The largest absolute Gasteiger partial charge is 0.444 e. The van der Waals surface area contributed by atoms with Crippen LogP contribution in [0, 0.1) is 11.3 Å². The van der Waals surface area contributed by atoms with Gasteiger partial charge in [0.25, 0.3) is 0 Å². The van der Waals surface area contributed by atoms with Crippen molar-refractivity contribution in [1.82, 2.24) is 4.90 Å². The highest BCUT2D eigenvalue weighted by atomic mass is 16.6. The van der Waals surface area contributed by atoms with Gasteiger partial charge in [-0.3, -0.25) is 0 Å². The number of piperidine rings is 1. The number of carbonyl (C=O) groups is 1. The maximum Gasteiger partial charge on any atom is 0.410 e. The normalized spacial score (nSPS) is 26.1. The summed E-state index contributed by atoms with van der Waals surface area (Å²) >= 11 is 0. The van der Waals surface area contributed by atoms with Crippen molar-refractivity contribution >= 4 is 6.09 Å². The number of aliphatic hydroxyl groups excluding tert-OH is 1. The molecule has 1 fully saturated rings. The van der Waals surface area contributed by atoms with Crippen LogP contribution in [0.25, 0.3) is 0 Å². The van der Waals surface area contributed by atoms with Crippen molar-refractivity contribution in [1.29, 1.82) is 0 Å². The highest BCUT2D eigenvalue weighted by Crippen LogP contribution is 2.34. The van der Waals surface area contributed by atoms with Crippen molar-refractivity contribution in [3.8, 4) is 0 Å². The zero-order chi connectivity index (χ0) is 14.1. The van der Waals surface area contributed by atoms with Crippen LogP contribution in [-0.4, -0.2) is 40.9 Å². The summed E-state index contributed by atoms with van der Waals surface area (Å²) in [5.74, 6) is 0.233. The van der Waals surface area contributed by atoms with Gasteiger partial charge in [0.1, 0.15) is 5.60 Å². The van der Waals surface area contributed by atoms with Gasteiger partial charge in [0.15, 0.2) is 0 Å². The molecule has 1 N–H and O–H groups in total. The molecule has 4 nitrogen and oxygen atoms in total. The van der Waals surface area contributed by atoms with E-state index in [4.69, 9.17) is 4.74 Å². The third-order valence-corrected chi connectivity index (χ3v) is 3.35. The Hall–Kier alpha value is -0.770. The van der Waals surface area contributed by atoms with E-state index in [-0.39, 0.29) is 17.4 Å². The maximum absolute atomic E-state index is 11.9. The number of nitrogens with zero attached hydrogens (tertiary/aromatic N) is 1. The van der Waals surface area contributed by atoms with E-state index in [0.29, 0.717) is 13.1 Å². The summed E-state index contributed by atoms with van der Waals surface area (Å²) in [5, 5.41) is 10.2. The lowest BCUT2D eigenvalue weighted by Gasteiger charge is -2.42. The van der Waals surface area contributed by atoms with Crippen LogP contribution >= 0.6 is 0 Å². The predicted octanol–water partition coefficient (Wildman–Crippen LogP) is 2.65. The minimum atomic E-state index is -0.483. The number of hydrogen-bond acceptors (Lipinski definition) is 3. The first-order valence-electron chi connectivity index (χ1n) is 6.67. The summed E-state index contributed by atoms with van der Waals surface area (Å²) in [6, 6.07) is 0. The first-order chi connectivity index (χ1) is 8.00. The van der Waals surface area contributed by atoms with Crippen molar-refractivity contribution in [2.24, 2.45) is 11.3 Å². The molecule has 1 rings (SSSR count). The molecular formula is C14H27NO3. The molecule has 2 unspecified atom stereocenters. The van der Waals surface area contributed by atoms with Crippen LogP contribution in [0.4, 0.5) is 4.79 Å². The molecule has 0 aliphatic carbocycles. The van der Waals surface area contributed by atoms with Crippen molar-refractivity contribution in [2.75, 3.05) is 13.1 Å². The third kappa shape index (κ3) is 4.16. The van der Waals surface area contributed by atoms with E-state index in [9.17, 15) is 9.90 Å². The Bertz CT molecular complexity index is 301. The fourth-order valence-corrected chi connectivity index (χ4v) is 2.43. The Morgan fingerprint density at radius 2 is 1.78 bits per heavy atom. The van der Waals surface area contributed by atoms with Gasteiger partial charge in [-0.25, -0.2) is 4.79 Å². The first-order valence-corrected chi connectivity index (χ1v) is 6.67. The quantitative estimate of drug-likeness (QED) is 0.726. The number of amides is 1. The van der Waals surface area contributed by atoms with Gasteiger partial charge >= 0.3 is 6.09 Å². The van der Waals surface area contributed by atoms with E-state index in [2.05, 4.69) is 20.8 Å². The Morgan fingerprint density at radius 3 is 2.17 bits per heavy atom. The smallest absolute Gasteiger partial charge is 0.410 e. The van der Waals surface area contributed by atoms with Gasteiger partial charge in [-0.15, -0.1) is 0 Å². The van der Waals surface area contributed by atoms with Crippen LogP contribution in [0.3, 0.4) is 0 Å². The van der Waals surface area contributed by atoms with Crippen molar-refractivity contribution < 1.29 is 14.6 Å². The molecule has 0 aromatic heterocycles. The van der Waals surface area contributed by atoms with Gasteiger partial charge < -0.3 is 14.7 Å². The zero-order valence-corrected chi connectivity index (χ0v) is 12.5. The summed E-state index contributed by atoms with van der Waals surface area (Å²) in [5.41, 5.74) is -0.414. The Balaban J connectivity index is 2.59. The zero-order valence-electron chi connectivity index (χ0n) is 12.5. The SMILES string of the molecule is CC(C)(C)OC(=O)N1CCC(C(C)(C)C)C(O)C1. The second-order valence-corrected chi connectivity index (χ2v) is 7.25. The van der Waals surface area contributed by atoms with Gasteiger partial charge in [-0.2, -0.15) is 0 Å². The van der Waals surface area contributed by atoms with Crippen LogP contribution in [-0.2, 0) is 4.74 Å². The minimum Gasteiger partial charge on any atom is -0.444 e. The van der Waals surface area contributed by atoms with Gasteiger partial charge in [-0.05, 0) is 38.5 Å². The average Bonchev–Trinajstić information content (AvgIpc) is 2.12. The lowest BCUT2D eigenvalue weighted by Crippen LogP contribution is -2.51. The molecule has 0 radical (unpaired) electrons. The summed E-state index contributed by atoms with van der Waals surface area (Å²) in [6.45, 7) is 13.0. The van der Waals surface area contributed by atoms with Gasteiger partial charge in [0, 0.05) is 6.54 Å². The third-order valence-electron chi connectivity index (χ3n) is 3.35. The highest BCUT2D eigenvalue weighted by Gasteiger charge is 2.38. The molecule has 2 atom stereocenters. The summed E-state index contributed by atoms with van der Waals surface area (Å²) < 4.78 is 5.32. The number of rotatable bonds is 0. The first kappa shape index (κ1) is 15.3.